The van der Waals surface area contributed by atoms with Crippen molar-refractivity contribution < 1.29 is 4.79 Å². The quantitative estimate of drug-likeness (QED) is 0.883. The zero-order valence-corrected chi connectivity index (χ0v) is 10.5. The zero-order valence-electron chi connectivity index (χ0n) is 10.5. The van der Waals surface area contributed by atoms with Crippen LogP contribution in [0.5, 0.6) is 0 Å². The van der Waals surface area contributed by atoms with Crippen molar-refractivity contribution in [3.8, 4) is 6.07 Å². The number of carbonyl (C=O) groups excluding carboxylic acids is 1. The van der Waals surface area contributed by atoms with E-state index in [1.165, 1.54) is 6.20 Å². The highest BCUT2D eigenvalue weighted by Crippen LogP contribution is 2.37. The smallest absolute Gasteiger partial charge is 0.251 e. The molecule has 0 spiro atoms. The van der Waals surface area contributed by atoms with E-state index in [0.717, 1.165) is 25.7 Å². The molecule has 0 aromatic carbocycles. The molecular weight excluding hydrogens is 228 g/mol. The van der Waals surface area contributed by atoms with Gasteiger partial charge in [-0.3, -0.25) is 9.48 Å². The average molecular weight is 246 g/mol. The second-order valence-electron chi connectivity index (χ2n) is 4.96. The van der Waals surface area contributed by atoms with Gasteiger partial charge in [0.1, 0.15) is 0 Å². The van der Waals surface area contributed by atoms with Gasteiger partial charge in [0, 0.05) is 6.20 Å². The summed E-state index contributed by atoms with van der Waals surface area (Å²) in [5.41, 5.74) is 5.63. The van der Waals surface area contributed by atoms with Crippen LogP contribution in [0.25, 0.3) is 0 Å². The minimum Gasteiger partial charge on any atom is -0.366 e. The highest BCUT2D eigenvalue weighted by molar-refractivity contribution is 5.92. The molecule has 18 heavy (non-hydrogen) atoms. The Morgan fingerprint density at radius 2 is 2.44 bits per heavy atom. The van der Waals surface area contributed by atoms with Crippen LogP contribution in [-0.4, -0.2) is 15.7 Å². The lowest BCUT2D eigenvalue weighted by Gasteiger charge is -2.32. The van der Waals surface area contributed by atoms with E-state index in [1.807, 2.05) is 0 Å². The van der Waals surface area contributed by atoms with Crippen LogP contribution in [-0.2, 0) is 0 Å². The van der Waals surface area contributed by atoms with E-state index in [2.05, 4.69) is 18.1 Å². The Labute approximate surface area is 107 Å². The van der Waals surface area contributed by atoms with Crippen LogP contribution in [0, 0.1) is 23.2 Å². The Hall–Kier alpha value is -1.83. The van der Waals surface area contributed by atoms with E-state index in [4.69, 9.17) is 5.73 Å². The molecule has 1 heterocycles. The number of hydrogen-bond donors (Lipinski definition) is 1. The molecule has 0 saturated heterocycles. The van der Waals surface area contributed by atoms with Crippen molar-refractivity contribution in [1.29, 1.82) is 5.26 Å². The van der Waals surface area contributed by atoms with Gasteiger partial charge in [-0.05, 0) is 25.2 Å². The molecule has 0 aliphatic heterocycles. The number of carbonyl (C=O) groups is 1. The number of nitrogens with zero attached hydrogens (tertiary/aromatic N) is 3. The Bertz CT molecular complexity index is 474. The van der Waals surface area contributed by atoms with Crippen LogP contribution >= 0.6 is 0 Å². The number of primary amides is 1. The molecule has 1 fully saturated rings. The van der Waals surface area contributed by atoms with Crippen molar-refractivity contribution in [1.82, 2.24) is 9.78 Å². The second kappa shape index (κ2) is 5.21. The van der Waals surface area contributed by atoms with Crippen molar-refractivity contribution in [3.63, 3.8) is 0 Å². The maximum absolute atomic E-state index is 11.1. The Balaban J connectivity index is 2.21. The lowest BCUT2D eigenvalue weighted by atomic mass is 9.78. The van der Waals surface area contributed by atoms with Crippen molar-refractivity contribution in [2.24, 2.45) is 17.6 Å². The molecule has 1 aliphatic carbocycles. The van der Waals surface area contributed by atoms with Crippen LogP contribution in [0.15, 0.2) is 12.4 Å². The molecule has 5 nitrogen and oxygen atoms in total. The average Bonchev–Trinajstić information content (AvgIpc) is 2.87. The molecule has 1 amide bonds. The lowest BCUT2D eigenvalue weighted by molar-refractivity contribution is 0.1000. The van der Waals surface area contributed by atoms with Gasteiger partial charge in [0.2, 0.25) is 0 Å². The Kier molecular flexibility index (Phi) is 3.66. The number of nitrogens with two attached hydrogens (primary N) is 1. The summed E-state index contributed by atoms with van der Waals surface area (Å²) in [6, 6.07) is 2.43. The first-order chi connectivity index (χ1) is 8.65. The minimum absolute atomic E-state index is 0.0200. The molecule has 5 heteroatoms. The monoisotopic (exact) mass is 246 g/mol. The number of aromatic nitrogens is 2. The molecule has 3 unspecified atom stereocenters. The van der Waals surface area contributed by atoms with Crippen LogP contribution in [0.4, 0.5) is 0 Å². The zero-order chi connectivity index (χ0) is 13.1. The Morgan fingerprint density at radius 3 is 3.00 bits per heavy atom. The molecule has 96 valence electrons. The third-order valence-electron chi connectivity index (χ3n) is 3.89. The molecule has 0 bridgehead atoms. The van der Waals surface area contributed by atoms with Crippen molar-refractivity contribution >= 4 is 5.91 Å². The molecule has 2 rings (SSSR count). The third kappa shape index (κ3) is 2.37. The van der Waals surface area contributed by atoms with E-state index >= 15 is 0 Å². The molecule has 3 atom stereocenters. The number of rotatable bonds is 3. The van der Waals surface area contributed by atoms with Crippen LogP contribution in [0.3, 0.4) is 0 Å². The predicted molar refractivity (Wildman–Crippen MR) is 66.5 cm³/mol. The summed E-state index contributed by atoms with van der Waals surface area (Å²) in [7, 11) is 0. The number of amides is 1. The van der Waals surface area contributed by atoms with Crippen LogP contribution in [0.2, 0.25) is 0 Å². The number of hydrogen-bond acceptors (Lipinski definition) is 3. The van der Waals surface area contributed by atoms with E-state index < -0.39 is 5.91 Å². The highest BCUT2D eigenvalue weighted by atomic mass is 16.1. The highest BCUT2D eigenvalue weighted by Gasteiger charge is 2.31. The topological polar surface area (TPSA) is 84.7 Å². The molecule has 0 radical (unpaired) electrons. The van der Waals surface area contributed by atoms with Crippen LogP contribution in [0.1, 0.15) is 49.0 Å². The summed E-state index contributed by atoms with van der Waals surface area (Å²) in [5.74, 6) is 0.145. The van der Waals surface area contributed by atoms with Gasteiger partial charge in [0.15, 0.2) is 0 Å². The first kappa shape index (κ1) is 12.6. The second-order valence-corrected chi connectivity index (χ2v) is 4.96. The van der Waals surface area contributed by atoms with Gasteiger partial charge in [0.25, 0.3) is 5.91 Å². The SMILES string of the molecule is CCC1CCC(C#N)C(n2cc(C(N)=O)cn2)C1. The van der Waals surface area contributed by atoms with Crippen molar-refractivity contribution in [3.05, 3.63) is 18.0 Å². The van der Waals surface area contributed by atoms with Crippen molar-refractivity contribution in [2.75, 3.05) is 0 Å². The van der Waals surface area contributed by atoms with Gasteiger partial charge in [-0.2, -0.15) is 10.4 Å². The van der Waals surface area contributed by atoms with Gasteiger partial charge in [-0.15, -0.1) is 0 Å². The first-order valence-corrected chi connectivity index (χ1v) is 6.39. The van der Waals surface area contributed by atoms with E-state index in [0.29, 0.717) is 11.5 Å². The normalized spacial score (nSPS) is 27.7. The molecular formula is C13H18N4O. The largest absolute Gasteiger partial charge is 0.366 e. The summed E-state index contributed by atoms with van der Waals surface area (Å²) in [4.78, 5) is 11.1. The summed E-state index contributed by atoms with van der Waals surface area (Å²) in [5, 5.41) is 13.4. The standard InChI is InChI=1S/C13H18N4O/c1-2-9-3-4-10(6-14)12(5-9)17-8-11(7-16-17)13(15)18/h7-10,12H,2-5H2,1H3,(H2,15,18). The third-order valence-corrected chi connectivity index (χ3v) is 3.89. The van der Waals surface area contributed by atoms with Gasteiger partial charge in [-0.25, -0.2) is 0 Å². The molecule has 2 N–H and O–H groups in total. The summed E-state index contributed by atoms with van der Waals surface area (Å²) in [6.07, 6.45) is 7.23. The van der Waals surface area contributed by atoms with E-state index in [1.54, 1.807) is 10.9 Å². The van der Waals surface area contributed by atoms with Crippen LogP contribution < -0.4 is 5.73 Å². The molecule has 1 aromatic rings. The van der Waals surface area contributed by atoms with Gasteiger partial charge < -0.3 is 5.73 Å². The van der Waals surface area contributed by atoms with E-state index in [-0.39, 0.29) is 12.0 Å². The number of nitriles is 1. The Morgan fingerprint density at radius 1 is 1.67 bits per heavy atom. The lowest BCUT2D eigenvalue weighted by Crippen LogP contribution is -2.27. The fraction of sp³-hybridized carbons (Fsp3) is 0.615. The summed E-state index contributed by atoms with van der Waals surface area (Å²) >= 11 is 0. The molecule has 1 saturated carbocycles. The van der Waals surface area contributed by atoms with Gasteiger partial charge >= 0.3 is 0 Å². The molecule has 1 aromatic heterocycles. The first-order valence-electron chi connectivity index (χ1n) is 6.39. The van der Waals surface area contributed by atoms with Gasteiger partial charge in [-0.1, -0.05) is 13.3 Å². The summed E-state index contributed by atoms with van der Waals surface area (Å²) in [6.45, 7) is 2.17. The maximum atomic E-state index is 11.1. The minimum atomic E-state index is -0.474. The summed E-state index contributed by atoms with van der Waals surface area (Å²) < 4.78 is 1.75. The maximum Gasteiger partial charge on any atom is 0.251 e. The van der Waals surface area contributed by atoms with Gasteiger partial charge in [0.05, 0.1) is 29.8 Å². The fourth-order valence-electron chi connectivity index (χ4n) is 2.69. The predicted octanol–water partition coefficient (Wildman–Crippen LogP) is 1.87. The van der Waals surface area contributed by atoms with E-state index in [9.17, 15) is 10.1 Å². The van der Waals surface area contributed by atoms with Crippen molar-refractivity contribution in [2.45, 2.75) is 38.6 Å². The molecule has 1 aliphatic rings. The fourth-order valence-corrected chi connectivity index (χ4v) is 2.69.